The topological polar surface area (TPSA) is 86.3 Å². The van der Waals surface area contributed by atoms with Gasteiger partial charge in [-0.05, 0) is 47.0 Å². The Morgan fingerprint density at radius 3 is 2.60 bits per heavy atom. The van der Waals surface area contributed by atoms with Crippen molar-refractivity contribution in [2.45, 2.75) is 25.6 Å². The Morgan fingerprint density at radius 2 is 1.80 bits per heavy atom. The number of benzene rings is 3. The van der Waals surface area contributed by atoms with E-state index in [1.54, 1.807) is 25.2 Å². The lowest BCUT2D eigenvalue weighted by Gasteiger charge is -2.28. The van der Waals surface area contributed by atoms with Gasteiger partial charge in [-0.2, -0.15) is 0 Å². The van der Waals surface area contributed by atoms with Crippen molar-refractivity contribution in [3.63, 3.8) is 0 Å². The second-order valence-corrected chi connectivity index (χ2v) is 8.39. The molecule has 1 atom stereocenters. The summed E-state index contributed by atoms with van der Waals surface area (Å²) in [5.74, 6) is 2.22. The molecule has 1 unspecified atom stereocenters. The quantitative estimate of drug-likeness (QED) is 0.534. The van der Waals surface area contributed by atoms with E-state index >= 15 is 0 Å². The number of hydrogen-bond acceptors (Lipinski definition) is 6. The number of carbonyl (C=O) groups excluding carboxylic acids is 2. The Hall–Kier alpha value is -4.20. The maximum absolute atomic E-state index is 13.3. The SMILES string of the molecule is COc1ccc(C(CC(=O)NCc2ccc3c(c2)OCO3)N2Cc3ccccc3C2=O)cc1OC. The van der Waals surface area contributed by atoms with Crippen LogP contribution in [0.25, 0.3) is 0 Å². The van der Waals surface area contributed by atoms with Crippen molar-refractivity contribution in [3.8, 4) is 23.0 Å². The van der Waals surface area contributed by atoms with Gasteiger partial charge in [-0.25, -0.2) is 0 Å². The van der Waals surface area contributed by atoms with Crippen molar-refractivity contribution in [2.24, 2.45) is 0 Å². The third kappa shape index (κ3) is 4.47. The van der Waals surface area contributed by atoms with Crippen LogP contribution in [0.2, 0.25) is 0 Å². The molecule has 0 fully saturated rings. The Balaban J connectivity index is 1.37. The number of hydrogen-bond donors (Lipinski definition) is 1. The molecule has 2 amide bonds. The zero-order chi connectivity index (χ0) is 24.4. The van der Waals surface area contributed by atoms with Crippen molar-refractivity contribution >= 4 is 11.8 Å². The largest absolute Gasteiger partial charge is 0.493 e. The molecule has 2 aliphatic heterocycles. The van der Waals surface area contributed by atoms with Gasteiger partial charge in [-0.3, -0.25) is 9.59 Å². The van der Waals surface area contributed by atoms with Gasteiger partial charge in [0.1, 0.15) is 0 Å². The van der Waals surface area contributed by atoms with E-state index in [2.05, 4.69) is 5.32 Å². The molecule has 35 heavy (non-hydrogen) atoms. The van der Waals surface area contributed by atoms with E-state index in [1.165, 1.54) is 0 Å². The van der Waals surface area contributed by atoms with Gasteiger partial charge in [0.2, 0.25) is 12.7 Å². The predicted octanol–water partition coefficient (Wildman–Crippen LogP) is 3.84. The summed E-state index contributed by atoms with van der Waals surface area (Å²) in [5, 5.41) is 2.97. The molecule has 2 aliphatic rings. The van der Waals surface area contributed by atoms with Crippen molar-refractivity contribution in [1.82, 2.24) is 10.2 Å². The van der Waals surface area contributed by atoms with E-state index in [-0.39, 0.29) is 25.0 Å². The number of rotatable bonds is 8. The Bertz CT molecular complexity index is 1270. The van der Waals surface area contributed by atoms with Gasteiger partial charge in [0.05, 0.1) is 26.7 Å². The maximum Gasteiger partial charge on any atom is 0.255 e. The summed E-state index contributed by atoms with van der Waals surface area (Å²) in [7, 11) is 3.13. The van der Waals surface area contributed by atoms with E-state index in [1.807, 2.05) is 54.6 Å². The summed E-state index contributed by atoms with van der Waals surface area (Å²) in [5.41, 5.74) is 3.31. The fourth-order valence-corrected chi connectivity index (χ4v) is 4.50. The van der Waals surface area contributed by atoms with E-state index in [0.717, 1.165) is 16.7 Å². The van der Waals surface area contributed by atoms with Gasteiger partial charge >= 0.3 is 0 Å². The molecule has 0 bridgehead atoms. The molecule has 0 radical (unpaired) electrons. The van der Waals surface area contributed by atoms with Crippen LogP contribution < -0.4 is 24.3 Å². The van der Waals surface area contributed by atoms with Gasteiger partial charge in [0.25, 0.3) is 5.91 Å². The summed E-state index contributed by atoms with van der Waals surface area (Å²) in [4.78, 5) is 28.1. The lowest BCUT2D eigenvalue weighted by molar-refractivity contribution is -0.122. The van der Waals surface area contributed by atoms with Crippen LogP contribution in [0.1, 0.15) is 39.5 Å². The predicted molar refractivity (Wildman–Crippen MR) is 128 cm³/mol. The fraction of sp³-hybridized carbons (Fsp3) is 0.259. The lowest BCUT2D eigenvalue weighted by Crippen LogP contribution is -2.34. The molecule has 3 aromatic rings. The molecule has 5 rings (SSSR count). The highest BCUT2D eigenvalue weighted by molar-refractivity contribution is 5.98. The number of methoxy groups -OCH3 is 2. The summed E-state index contributed by atoms with van der Waals surface area (Å²) in [6, 6.07) is 18.1. The van der Waals surface area contributed by atoms with Gasteiger partial charge < -0.3 is 29.2 Å². The van der Waals surface area contributed by atoms with E-state index < -0.39 is 6.04 Å². The standard InChI is InChI=1S/C27H26N2O6/c1-32-22-10-8-18(12-24(22)33-2)21(29-15-19-5-3-4-6-20(19)27(29)31)13-26(30)28-14-17-7-9-23-25(11-17)35-16-34-23/h3-12,21H,13-16H2,1-2H3,(H,28,30). The van der Waals surface area contributed by atoms with Crippen molar-refractivity contribution in [2.75, 3.05) is 21.0 Å². The van der Waals surface area contributed by atoms with Gasteiger partial charge in [-0.1, -0.05) is 30.3 Å². The lowest BCUT2D eigenvalue weighted by atomic mass is 10.0. The first-order valence-corrected chi connectivity index (χ1v) is 11.3. The smallest absolute Gasteiger partial charge is 0.255 e. The molecule has 0 saturated carbocycles. The first kappa shape index (κ1) is 22.6. The zero-order valence-electron chi connectivity index (χ0n) is 19.6. The minimum atomic E-state index is -0.480. The van der Waals surface area contributed by atoms with E-state index in [0.29, 0.717) is 41.7 Å². The highest BCUT2D eigenvalue weighted by atomic mass is 16.7. The minimum absolute atomic E-state index is 0.0936. The van der Waals surface area contributed by atoms with Crippen LogP contribution in [0.15, 0.2) is 60.7 Å². The third-order valence-corrected chi connectivity index (χ3v) is 6.32. The van der Waals surface area contributed by atoms with Crippen molar-refractivity contribution in [1.29, 1.82) is 0 Å². The third-order valence-electron chi connectivity index (χ3n) is 6.32. The molecule has 0 spiro atoms. The molecular weight excluding hydrogens is 448 g/mol. The molecule has 8 heteroatoms. The van der Waals surface area contributed by atoms with Crippen LogP contribution in [0.5, 0.6) is 23.0 Å². The molecule has 180 valence electrons. The Labute approximate surface area is 203 Å². The Morgan fingerprint density at radius 1 is 1.00 bits per heavy atom. The molecule has 2 heterocycles. The normalized spacial score (nSPS) is 14.5. The number of nitrogens with one attached hydrogen (secondary N) is 1. The molecule has 3 aromatic carbocycles. The number of ether oxygens (including phenoxy) is 4. The molecule has 0 aliphatic carbocycles. The molecule has 0 aromatic heterocycles. The van der Waals surface area contributed by atoms with E-state index in [4.69, 9.17) is 18.9 Å². The number of carbonyl (C=O) groups is 2. The average Bonchev–Trinajstić information content (AvgIpc) is 3.49. The monoisotopic (exact) mass is 474 g/mol. The first-order chi connectivity index (χ1) is 17.1. The van der Waals surface area contributed by atoms with Crippen molar-refractivity contribution in [3.05, 3.63) is 82.9 Å². The molecule has 8 nitrogen and oxygen atoms in total. The summed E-state index contributed by atoms with van der Waals surface area (Å²) in [6.07, 6.45) is 0.0970. The van der Waals surface area contributed by atoms with Crippen LogP contribution in [-0.2, 0) is 17.9 Å². The number of amides is 2. The first-order valence-electron chi connectivity index (χ1n) is 11.3. The molecule has 1 N–H and O–H groups in total. The maximum atomic E-state index is 13.3. The van der Waals surface area contributed by atoms with Gasteiger partial charge in [0.15, 0.2) is 23.0 Å². The van der Waals surface area contributed by atoms with Crippen LogP contribution in [-0.4, -0.2) is 37.7 Å². The summed E-state index contributed by atoms with van der Waals surface area (Å²) >= 11 is 0. The summed E-state index contributed by atoms with van der Waals surface area (Å²) < 4.78 is 21.6. The fourth-order valence-electron chi connectivity index (χ4n) is 4.50. The van der Waals surface area contributed by atoms with Crippen LogP contribution in [0.3, 0.4) is 0 Å². The zero-order valence-corrected chi connectivity index (χ0v) is 19.6. The minimum Gasteiger partial charge on any atom is -0.493 e. The van der Waals surface area contributed by atoms with Gasteiger partial charge in [0, 0.05) is 18.7 Å². The average molecular weight is 475 g/mol. The highest BCUT2D eigenvalue weighted by Gasteiger charge is 2.34. The number of nitrogens with zero attached hydrogens (tertiary/aromatic N) is 1. The van der Waals surface area contributed by atoms with Crippen LogP contribution >= 0.6 is 0 Å². The van der Waals surface area contributed by atoms with Gasteiger partial charge in [-0.15, -0.1) is 0 Å². The van der Waals surface area contributed by atoms with Crippen molar-refractivity contribution < 1.29 is 28.5 Å². The van der Waals surface area contributed by atoms with E-state index in [9.17, 15) is 9.59 Å². The highest BCUT2D eigenvalue weighted by Crippen LogP contribution is 2.37. The molecule has 0 saturated heterocycles. The van der Waals surface area contributed by atoms with Crippen LogP contribution in [0, 0.1) is 0 Å². The second kappa shape index (κ2) is 9.58. The second-order valence-electron chi connectivity index (χ2n) is 8.39. The molecular formula is C27H26N2O6. The Kier molecular flexibility index (Phi) is 6.18. The number of fused-ring (bicyclic) bond motifs is 2. The van der Waals surface area contributed by atoms with Crippen LogP contribution in [0.4, 0.5) is 0 Å². The summed E-state index contributed by atoms with van der Waals surface area (Å²) in [6.45, 7) is 0.968.